The Balaban J connectivity index is 2.11. The van der Waals surface area contributed by atoms with Gasteiger partial charge in [-0.25, -0.2) is 0 Å². The highest BCUT2D eigenvalue weighted by atomic mass is 15.2. The van der Waals surface area contributed by atoms with Crippen LogP contribution in [0.15, 0.2) is 35.3 Å². The summed E-state index contributed by atoms with van der Waals surface area (Å²) in [4.78, 5) is 4.23. The minimum Gasteiger partial charge on any atom is -0.356 e. The van der Waals surface area contributed by atoms with Crippen molar-refractivity contribution in [2.45, 2.75) is 39.2 Å². The lowest BCUT2D eigenvalue weighted by molar-refractivity contribution is 0.428. The molecular formula is C17H30N4. The van der Waals surface area contributed by atoms with Crippen molar-refractivity contribution in [1.29, 1.82) is 0 Å². The Morgan fingerprint density at radius 3 is 2.29 bits per heavy atom. The predicted octanol–water partition coefficient (Wildman–Crippen LogP) is 2.17. The van der Waals surface area contributed by atoms with Gasteiger partial charge in [0.2, 0.25) is 0 Å². The molecule has 1 aromatic carbocycles. The summed E-state index contributed by atoms with van der Waals surface area (Å²) in [6.07, 6.45) is 2.20. The number of guanidine groups is 1. The van der Waals surface area contributed by atoms with Crippen LogP contribution >= 0.6 is 0 Å². The summed E-state index contributed by atoms with van der Waals surface area (Å²) in [6.45, 7) is 9.24. The molecule has 0 bridgehead atoms. The molecule has 0 unspecified atom stereocenters. The van der Waals surface area contributed by atoms with Crippen molar-refractivity contribution in [1.82, 2.24) is 16.0 Å². The van der Waals surface area contributed by atoms with Gasteiger partial charge in [0.25, 0.3) is 0 Å². The second-order valence-corrected chi connectivity index (χ2v) is 6.19. The normalized spacial score (nSPS) is 12.3. The molecular weight excluding hydrogens is 260 g/mol. The SMILES string of the molecule is CN=C(NCCCc1ccccc1)NCCNC(C)(C)C. The number of aliphatic imine (C=N–C) groups is 1. The minimum atomic E-state index is 0.161. The second kappa shape index (κ2) is 9.40. The van der Waals surface area contributed by atoms with Crippen molar-refractivity contribution < 1.29 is 0 Å². The average Bonchev–Trinajstić information content (AvgIpc) is 2.45. The molecule has 0 aliphatic rings. The molecule has 0 radical (unpaired) electrons. The minimum absolute atomic E-state index is 0.161. The second-order valence-electron chi connectivity index (χ2n) is 6.19. The summed E-state index contributed by atoms with van der Waals surface area (Å²) in [5.41, 5.74) is 1.55. The fourth-order valence-corrected chi connectivity index (χ4v) is 1.98. The van der Waals surface area contributed by atoms with E-state index in [2.05, 4.69) is 72.0 Å². The molecule has 0 aliphatic carbocycles. The maximum absolute atomic E-state index is 4.23. The molecule has 4 nitrogen and oxygen atoms in total. The van der Waals surface area contributed by atoms with Crippen LogP contribution in [0.2, 0.25) is 0 Å². The molecule has 0 amide bonds. The zero-order valence-electron chi connectivity index (χ0n) is 13.9. The monoisotopic (exact) mass is 290 g/mol. The summed E-state index contributed by atoms with van der Waals surface area (Å²) < 4.78 is 0. The summed E-state index contributed by atoms with van der Waals surface area (Å²) >= 11 is 0. The topological polar surface area (TPSA) is 48.5 Å². The molecule has 0 spiro atoms. The van der Waals surface area contributed by atoms with Gasteiger partial charge >= 0.3 is 0 Å². The number of hydrogen-bond acceptors (Lipinski definition) is 2. The van der Waals surface area contributed by atoms with Gasteiger partial charge in [-0.15, -0.1) is 0 Å². The lowest BCUT2D eigenvalue weighted by atomic mass is 10.1. The van der Waals surface area contributed by atoms with Crippen LogP contribution in [0.4, 0.5) is 0 Å². The van der Waals surface area contributed by atoms with E-state index in [1.54, 1.807) is 0 Å². The summed E-state index contributed by atoms with van der Waals surface area (Å²) in [5.74, 6) is 0.874. The van der Waals surface area contributed by atoms with Crippen molar-refractivity contribution >= 4 is 5.96 Å². The molecule has 0 atom stereocenters. The van der Waals surface area contributed by atoms with Gasteiger partial charge in [0.05, 0.1) is 0 Å². The highest BCUT2D eigenvalue weighted by Crippen LogP contribution is 2.01. The molecule has 1 rings (SSSR count). The van der Waals surface area contributed by atoms with Gasteiger partial charge < -0.3 is 16.0 Å². The van der Waals surface area contributed by atoms with Crippen LogP contribution in [-0.4, -0.2) is 38.2 Å². The van der Waals surface area contributed by atoms with Gasteiger partial charge in [0.1, 0.15) is 0 Å². The van der Waals surface area contributed by atoms with E-state index in [1.165, 1.54) is 5.56 Å². The molecule has 0 aromatic heterocycles. The standard InChI is InChI=1S/C17H30N4/c1-17(2,3)21-14-13-20-16(18-4)19-12-8-11-15-9-6-5-7-10-15/h5-7,9-10,21H,8,11-14H2,1-4H3,(H2,18,19,20). The van der Waals surface area contributed by atoms with Crippen molar-refractivity contribution in [2.75, 3.05) is 26.7 Å². The smallest absolute Gasteiger partial charge is 0.191 e. The number of aryl methyl sites for hydroxylation is 1. The molecule has 0 heterocycles. The van der Waals surface area contributed by atoms with E-state index in [1.807, 2.05) is 7.05 Å². The molecule has 1 aromatic rings. The Kier molecular flexibility index (Phi) is 7.83. The fourth-order valence-electron chi connectivity index (χ4n) is 1.98. The Bertz CT molecular complexity index is 407. The maximum atomic E-state index is 4.23. The van der Waals surface area contributed by atoms with Crippen LogP contribution < -0.4 is 16.0 Å². The van der Waals surface area contributed by atoms with Crippen molar-refractivity contribution in [3.63, 3.8) is 0 Å². The molecule has 0 saturated carbocycles. The van der Waals surface area contributed by atoms with Gasteiger partial charge in [-0.2, -0.15) is 0 Å². The largest absolute Gasteiger partial charge is 0.356 e. The van der Waals surface area contributed by atoms with Crippen LogP contribution in [-0.2, 0) is 6.42 Å². The highest BCUT2D eigenvalue weighted by Gasteiger charge is 2.07. The number of hydrogen-bond donors (Lipinski definition) is 3. The van der Waals surface area contributed by atoms with E-state index >= 15 is 0 Å². The van der Waals surface area contributed by atoms with Gasteiger partial charge in [0, 0.05) is 32.2 Å². The predicted molar refractivity (Wildman–Crippen MR) is 91.9 cm³/mol. The van der Waals surface area contributed by atoms with Crippen molar-refractivity contribution in [3.8, 4) is 0 Å². The zero-order valence-corrected chi connectivity index (χ0v) is 13.9. The summed E-state index contributed by atoms with van der Waals surface area (Å²) in [5, 5.41) is 10.1. The average molecular weight is 290 g/mol. The number of nitrogens with one attached hydrogen (secondary N) is 3. The van der Waals surface area contributed by atoms with E-state index in [4.69, 9.17) is 0 Å². The van der Waals surface area contributed by atoms with E-state index in [-0.39, 0.29) is 5.54 Å². The molecule has 0 aliphatic heterocycles. The first kappa shape index (κ1) is 17.5. The lowest BCUT2D eigenvalue weighted by Crippen LogP contribution is -2.44. The number of benzene rings is 1. The molecule has 0 fully saturated rings. The number of rotatable bonds is 7. The summed E-state index contributed by atoms with van der Waals surface area (Å²) in [6, 6.07) is 10.6. The highest BCUT2D eigenvalue weighted by molar-refractivity contribution is 5.79. The summed E-state index contributed by atoms with van der Waals surface area (Å²) in [7, 11) is 1.81. The third kappa shape index (κ3) is 9.08. The van der Waals surface area contributed by atoms with Crippen LogP contribution in [0.5, 0.6) is 0 Å². The van der Waals surface area contributed by atoms with E-state index < -0.39 is 0 Å². The van der Waals surface area contributed by atoms with E-state index in [0.29, 0.717) is 0 Å². The Hall–Kier alpha value is -1.55. The molecule has 21 heavy (non-hydrogen) atoms. The molecule has 4 heteroatoms. The van der Waals surface area contributed by atoms with Crippen LogP contribution in [0.1, 0.15) is 32.8 Å². The third-order valence-electron chi connectivity index (χ3n) is 3.07. The third-order valence-corrected chi connectivity index (χ3v) is 3.07. The first-order valence-electron chi connectivity index (χ1n) is 7.75. The Morgan fingerprint density at radius 2 is 1.67 bits per heavy atom. The zero-order chi connectivity index (χ0) is 15.6. The van der Waals surface area contributed by atoms with Gasteiger partial charge in [0.15, 0.2) is 5.96 Å². The molecule has 3 N–H and O–H groups in total. The first-order chi connectivity index (χ1) is 10.0. The Labute approximate surface area is 129 Å². The van der Waals surface area contributed by atoms with Crippen molar-refractivity contribution in [3.05, 3.63) is 35.9 Å². The first-order valence-corrected chi connectivity index (χ1v) is 7.75. The van der Waals surface area contributed by atoms with Crippen LogP contribution in [0, 0.1) is 0 Å². The van der Waals surface area contributed by atoms with E-state index in [9.17, 15) is 0 Å². The molecule has 0 saturated heterocycles. The Morgan fingerprint density at radius 1 is 1.00 bits per heavy atom. The van der Waals surface area contributed by atoms with Crippen molar-refractivity contribution in [2.24, 2.45) is 4.99 Å². The fraction of sp³-hybridized carbons (Fsp3) is 0.588. The van der Waals surface area contributed by atoms with Gasteiger partial charge in [-0.3, -0.25) is 4.99 Å². The number of nitrogens with zero attached hydrogens (tertiary/aromatic N) is 1. The lowest BCUT2D eigenvalue weighted by Gasteiger charge is -2.21. The van der Waals surface area contributed by atoms with Gasteiger partial charge in [-0.1, -0.05) is 30.3 Å². The molecule has 118 valence electrons. The van der Waals surface area contributed by atoms with Gasteiger partial charge in [-0.05, 0) is 39.2 Å². The van der Waals surface area contributed by atoms with E-state index in [0.717, 1.165) is 38.4 Å². The quantitative estimate of drug-likeness (QED) is 0.410. The van der Waals surface area contributed by atoms with Crippen LogP contribution in [0.25, 0.3) is 0 Å². The maximum Gasteiger partial charge on any atom is 0.191 e. The van der Waals surface area contributed by atoms with Crippen LogP contribution in [0.3, 0.4) is 0 Å².